The Morgan fingerprint density at radius 3 is 2.62 bits per heavy atom. The van der Waals surface area contributed by atoms with Gasteiger partial charge in [-0.25, -0.2) is 9.79 Å². The SMILES string of the molecule is O=C1OC(c2cccc3ccccc23)=N/C1=C/c1cccc(Br)c1. The molecule has 0 saturated heterocycles. The zero-order chi connectivity index (χ0) is 16.5. The van der Waals surface area contributed by atoms with E-state index in [2.05, 4.69) is 20.9 Å². The molecule has 3 aromatic rings. The first-order chi connectivity index (χ1) is 11.7. The molecule has 0 bridgehead atoms. The lowest BCUT2D eigenvalue weighted by molar-refractivity contribution is -0.129. The van der Waals surface area contributed by atoms with Crippen LogP contribution in [0.5, 0.6) is 0 Å². The molecule has 0 fully saturated rings. The molecule has 1 aliphatic rings. The van der Waals surface area contributed by atoms with Crippen molar-refractivity contribution in [3.8, 4) is 0 Å². The number of carbonyl (C=O) groups is 1. The quantitative estimate of drug-likeness (QED) is 0.468. The summed E-state index contributed by atoms with van der Waals surface area (Å²) in [6, 6.07) is 21.5. The first kappa shape index (κ1) is 14.8. The zero-order valence-corrected chi connectivity index (χ0v) is 14.2. The van der Waals surface area contributed by atoms with Gasteiger partial charge in [0.05, 0.1) is 0 Å². The minimum atomic E-state index is -0.432. The smallest absolute Gasteiger partial charge is 0.363 e. The van der Waals surface area contributed by atoms with Crippen molar-refractivity contribution in [1.82, 2.24) is 0 Å². The Bertz CT molecular complexity index is 1020. The monoisotopic (exact) mass is 377 g/mol. The average Bonchev–Trinajstić information content (AvgIpc) is 2.95. The van der Waals surface area contributed by atoms with Crippen molar-refractivity contribution in [2.24, 2.45) is 4.99 Å². The number of hydrogen-bond acceptors (Lipinski definition) is 3. The van der Waals surface area contributed by atoms with Crippen molar-refractivity contribution in [3.63, 3.8) is 0 Å². The van der Waals surface area contributed by atoms with Crippen LogP contribution < -0.4 is 0 Å². The number of aliphatic imine (C=N–C) groups is 1. The maximum atomic E-state index is 12.2. The lowest BCUT2D eigenvalue weighted by Crippen LogP contribution is -2.05. The molecule has 1 heterocycles. The Morgan fingerprint density at radius 2 is 1.75 bits per heavy atom. The van der Waals surface area contributed by atoms with Crippen LogP contribution in [-0.2, 0) is 9.53 Å². The molecule has 0 atom stereocenters. The second kappa shape index (κ2) is 6.06. The number of fused-ring (bicyclic) bond motifs is 1. The third-order valence-corrected chi connectivity index (χ3v) is 4.29. The highest BCUT2D eigenvalue weighted by atomic mass is 79.9. The minimum absolute atomic E-state index is 0.302. The summed E-state index contributed by atoms with van der Waals surface area (Å²) in [6.07, 6.45) is 1.73. The van der Waals surface area contributed by atoms with Crippen molar-refractivity contribution in [2.45, 2.75) is 0 Å². The molecule has 0 radical (unpaired) electrons. The summed E-state index contributed by atoms with van der Waals surface area (Å²) >= 11 is 3.42. The summed E-state index contributed by atoms with van der Waals surface area (Å²) in [5.74, 6) is -0.0871. The molecular weight excluding hydrogens is 366 g/mol. The lowest BCUT2D eigenvalue weighted by atomic mass is 10.0. The molecule has 116 valence electrons. The van der Waals surface area contributed by atoms with Gasteiger partial charge >= 0.3 is 5.97 Å². The van der Waals surface area contributed by atoms with E-state index >= 15 is 0 Å². The topological polar surface area (TPSA) is 38.7 Å². The van der Waals surface area contributed by atoms with Crippen molar-refractivity contribution in [2.75, 3.05) is 0 Å². The fourth-order valence-electron chi connectivity index (χ4n) is 2.69. The fraction of sp³-hybridized carbons (Fsp3) is 0. The molecular formula is C20H12BrNO2. The second-order valence-corrected chi connectivity index (χ2v) is 6.33. The zero-order valence-electron chi connectivity index (χ0n) is 12.6. The number of nitrogens with zero attached hydrogens (tertiary/aromatic N) is 1. The van der Waals surface area contributed by atoms with Gasteiger partial charge in [-0.05, 0) is 40.6 Å². The maximum absolute atomic E-state index is 12.2. The van der Waals surface area contributed by atoms with E-state index < -0.39 is 5.97 Å². The average molecular weight is 378 g/mol. The highest BCUT2D eigenvalue weighted by Crippen LogP contribution is 2.25. The van der Waals surface area contributed by atoms with E-state index in [0.29, 0.717) is 11.6 Å². The Labute approximate surface area is 147 Å². The molecule has 0 aliphatic carbocycles. The van der Waals surface area contributed by atoms with Crippen molar-refractivity contribution in [1.29, 1.82) is 0 Å². The number of cyclic esters (lactones) is 1. The van der Waals surface area contributed by atoms with Crippen molar-refractivity contribution < 1.29 is 9.53 Å². The third-order valence-electron chi connectivity index (χ3n) is 3.79. The minimum Gasteiger partial charge on any atom is -0.402 e. The van der Waals surface area contributed by atoms with Gasteiger partial charge in [0.15, 0.2) is 5.70 Å². The molecule has 0 N–H and O–H groups in total. The van der Waals surface area contributed by atoms with E-state index in [0.717, 1.165) is 26.4 Å². The number of rotatable bonds is 2. The van der Waals surface area contributed by atoms with Gasteiger partial charge in [-0.1, -0.05) is 64.5 Å². The van der Waals surface area contributed by atoms with Crippen LogP contribution in [0.15, 0.2) is 81.9 Å². The Kier molecular flexibility index (Phi) is 3.75. The molecule has 1 aliphatic heterocycles. The first-order valence-corrected chi connectivity index (χ1v) is 8.26. The summed E-state index contributed by atoms with van der Waals surface area (Å²) in [5.41, 5.74) is 2.01. The van der Waals surface area contributed by atoms with Crippen LogP contribution in [0.1, 0.15) is 11.1 Å². The van der Waals surface area contributed by atoms with Gasteiger partial charge in [-0.15, -0.1) is 0 Å². The summed E-state index contributed by atoms with van der Waals surface area (Å²) in [4.78, 5) is 16.6. The molecule has 3 aromatic carbocycles. The standard InChI is InChI=1S/C20H12BrNO2/c21-15-8-3-5-13(11-15)12-18-20(23)24-19(22-18)17-10-4-7-14-6-1-2-9-16(14)17/h1-12H/b18-12+. The van der Waals surface area contributed by atoms with Crippen LogP contribution in [0.4, 0.5) is 0 Å². The molecule has 4 rings (SSSR count). The van der Waals surface area contributed by atoms with Crippen LogP contribution in [-0.4, -0.2) is 11.9 Å². The summed E-state index contributed by atoms with van der Waals surface area (Å²) in [6.45, 7) is 0. The van der Waals surface area contributed by atoms with Gasteiger partial charge in [0, 0.05) is 10.0 Å². The second-order valence-electron chi connectivity index (χ2n) is 5.42. The largest absolute Gasteiger partial charge is 0.402 e. The van der Waals surface area contributed by atoms with Crippen LogP contribution in [0.2, 0.25) is 0 Å². The Hall–Kier alpha value is -2.72. The van der Waals surface area contributed by atoms with Crippen molar-refractivity contribution >= 4 is 44.6 Å². The van der Waals surface area contributed by atoms with Crippen LogP contribution in [0.25, 0.3) is 16.8 Å². The summed E-state index contributed by atoms with van der Waals surface area (Å²) < 4.78 is 6.35. The van der Waals surface area contributed by atoms with Crippen LogP contribution in [0.3, 0.4) is 0 Å². The molecule has 3 nitrogen and oxygen atoms in total. The highest BCUT2D eigenvalue weighted by molar-refractivity contribution is 9.10. The predicted molar refractivity (Wildman–Crippen MR) is 98.7 cm³/mol. The van der Waals surface area contributed by atoms with Gasteiger partial charge in [-0.2, -0.15) is 0 Å². The van der Waals surface area contributed by atoms with E-state index in [1.165, 1.54) is 0 Å². The predicted octanol–water partition coefficient (Wildman–Crippen LogP) is 4.95. The Morgan fingerprint density at radius 1 is 0.958 bits per heavy atom. The molecule has 0 amide bonds. The number of esters is 1. The number of ether oxygens (including phenoxy) is 1. The number of halogens is 1. The summed E-state index contributed by atoms with van der Waals surface area (Å²) in [5, 5.41) is 2.09. The van der Waals surface area contributed by atoms with E-state index in [9.17, 15) is 4.79 Å². The fourth-order valence-corrected chi connectivity index (χ4v) is 3.11. The number of hydrogen-bond donors (Lipinski definition) is 0. The van der Waals surface area contributed by atoms with E-state index in [4.69, 9.17) is 4.74 Å². The molecule has 4 heteroatoms. The molecule has 0 aromatic heterocycles. The Balaban J connectivity index is 1.78. The number of benzene rings is 3. The normalized spacial score (nSPS) is 15.6. The maximum Gasteiger partial charge on any atom is 0.363 e. The molecule has 0 unspecified atom stereocenters. The van der Waals surface area contributed by atoms with E-state index in [-0.39, 0.29) is 0 Å². The lowest BCUT2D eigenvalue weighted by Gasteiger charge is -2.04. The number of carbonyl (C=O) groups excluding carboxylic acids is 1. The van der Waals surface area contributed by atoms with Gasteiger partial charge in [0.1, 0.15) is 0 Å². The highest BCUT2D eigenvalue weighted by Gasteiger charge is 2.25. The molecule has 0 spiro atoms. The molecule has 0 saturated carbocycles. The van der Waals surface area contributed by atoms with Gasteiger partial charge < -0.3 is 4.74 Å². The summed E-state index contributed by atoms with van der Waals surface area (Å²) in [7, 11) is 0. The van der Waals surface area contributed by atoms with Gasteiger partial charge in [0.25, 0.3) is 0 Å². The van der Waals surface area contributed by atoms with Gasteiger partial charge in [0.2, 0.25) is 5.90 Å². The molecule has 24 heavy (non-hydrogen) atoms. The third kappa shape index (κ3) is 2.76. The van der Waals surface area contributed by atoms with Crippen LogP contribution >= 0.6 is 15.9 Å². The van der Waals surface area contributed by atoms with E-state index in [1.807, 2.05) is 66.7 Å². The van der Waals surface area contributed by atoms with Crippen molar-refractivity contribution in [3.05, 3.63) is 88.0 Å². The van der Waals surface area contributed by atoms with Crippen LogP contribution in [0, 0.1) is 0 Å². The van der Waals surface area contributed by atoms with E-state index in [1.54, 1.807) is 6.08 Å². The first-order valence-electron chi connectivity index (χ1n) is 7.47. The van der Waals surface area contributed by atoms with Gasteiger partial charge in [-0.3, -0.25) is 0 Å².